The van der Waals surface area contributed by atoms with E-state index < -0.39 is 0 Å². The van der Waals surface area contributed by atoms with Crippen molar-refractivity contribution in [3.63, 3.8) is 0 Å². The van der Waals surface area contributed by atoms with Gasteiger partial charge in [-0.15, -0.1) is 0 Å². The Kier molecular flexibility index (Phi) is 1.13. The highest BCUT2D eigenvalue weighted by Gasteiger charge is 2.00. The number of fused-ring (bicyclic) bond motifs is 1. The molecule has 0 aliphatic carbocycles. The summed E-state index contributed by atoms with van der Waals surface area (Å²) in [6.07, 6.45) is 3.21. The van der Waals surface area contributed by atoms with E-state index in [0.717, 1.165) is 11.0 Å². The highest BCUT2D eigenvalue weighted by atomic mass is 14.8. The largest absolute Gasteiger partial charge is 0.345 e. The van der Waals surface area contributed by atoms with Crippen LogP contribution in [-0.2, 0) is 0 Å². The van der Waals surface area contributed by atoms with Crippen LogP contribution in [0.1, 0.15) is 5.56 Å². The quantitative estimate of drug-likeness (QED) is 0.601. The van der Waals surface area contributed by atoms with Crippen molar-refractivity contribution in [2.24, 2.45) is 0 Å². The van der Waals surface area contributed by atoms with Crippen molar-refractivity contribution in [2.45, 2.75) is 0 Å². The Hall–Kier alpha value is -1.82. The van der Waals surface area contributed by atoms with Gasteiger partial charge in [0.25, 0.3) is 0 Å². The lowest BCUT2D eigenvalue weighted by Gasteiger charge is -1.84. The second-order valence-electron chi connectivity index (χ2n) is 2.15. The average molecular weight is 142 g/mol. The van der Waals surface area contributed by atoms with Crippen molar-refractivity contribution in [2.75, 3.05) is 0 Å². The van der Waals surface area contributed by atoms with E-state index in [0.29, 0.717) is 5.56 Å². The molecular weight excluding hydrogens is 138 g/mol. The minimum absolute atomic E-state index is 0.615. The molecule has 2 aromatic rings. The summed E-state index contributed by atoms with van der Waals surface area (Å²) in [5.41, 5.74) is 1.35. The predicted molar refractivity (Wildman–Crippen MR) is 39.6 cm³/mol. The second kappa shape index (κ2) is 2.10. The van der Waals surface area contributed by atoms with Crippen LogP contribution in [0.15, 0.2) is 18.5 Å². The third kappa shape index (κ3) is 0.767. The zero-order valence-electron chi connectivity index (χ0n) is 5.63. The van der Waals surface area contributed by atoms with Gasteiger partial charge in [-0.2, -0.15) is 5.26 Å². The Morgan fingerprint density at radius 3 is 3.36 bits per heavy atom. The fraction of sp³-hybridized carbons (Fsp3) is 0. The zero-order valence-corrected chi connectivity index (χ0v) is 5.63. The van der Waals surface area contributed by atoms with E-state index in [1.807, 2.05) is 0 Å². The molecule has 0 bridgehead atoms. The molecule has 0 aromatic carbocycles. The Morgan fingerprint density at radius 1 is 1.64 bits per heavy atom. The minimum atomic E-state index is 0.615. The molecule has 2 rings (SSSR count). The molecule has 3 nitrogen and oxygen atoms in total. The van der Waals surface area contributed by atoms with Crippen molar-refractivity contribution in [3.05, 3.63) is 30.1 Å². The summed E-state index contributed by atoms with van der Waals surface area (Å²) >= 11 is 0. The molecule has 0 atom stereocenters. The Bertz CT molecular complexity index is 422. The van der Waals surface area contributed by atoms with Crippen LogP contribution in [0, 0.1) is 17.4 Å². The van der Waals surface area contributed by atoms with Gasteiger partial charge in [0.2, 0.25) is 0 Å². The van der Waals surface area contributed by atoms with Crippen LogP contribution < -0.4 is 0 Å². The fourth-order valence-electron chi connectivity index (χ4n) is 0.991. The van der Waals surface area contributed by atoms with Gasteiger partial charge < -0.3 is 4.98 Å². The normalized spacial score (nSPS) is 9.73. The second-order valence-corrected chi connectivity index (χ2v) is 2.15. The molecule has 51 valence electrons. The van der Waals surface area contributed by atoms with Gasteiger partial charge in [-0.3, -0.25) is 0 Å². The molecule has 0 spiro atoms. The maximum Gasteiger partial charge on any atom is 0.138 e. The number of hydrogen-bond donors (Lipinski definition) is 1. The lowest BCUT2D eigenvalue weighted by molar-refractivity contribution is 1.32. The number of nitrogens with zero attached hydrogens (tertiary/aromatic N) is 2. The molecule has 0 aliphatic rings. The maximum absolute atomic E-state index is 8.61. The van der Waals surface area contributed by atoms with Crippen LogP contribution in [0.3, 0.4) is 0 Å². The number of H-pyrrole nitrogens is 1. The topological polar surface area (TPSA) is 52.5 Å². The first-order chi connectivity index (χ1) is 5.42. The SMILES string of the molecule is N#Cc1c[nH]c2nc[c]cc12. The molecule has 0 unspecified atom stereocenters. The third-order valence-corrected chi connectivity index (χ3v) is 1.51. The first-order valence-corrected chi connectivity index (χ1v) is 3.15. The smallest absolute Gasteiger partial charge is 0.138 e. The van der Waals surface area contributed by atoms with E-state index in [9.17, 15) is 0 Å². The van der Waals surface area contributed by atoms with Crippen LogP contribution >= 0.6 is 0 Å². The van der Waals surface area contributed by atoms with Gasteiger partial charge in [0.15, 0.2) is 0 Å². The van der Waals surface area contributed by atoms with E-state index in [-0.39, 0.29) is 0 Å². The number of nitriles is 1. The number of aromatic nitrogens is 2. The van der Waals surface area contributed by atoms with Gasteiger partial charge in [-0.25, -0.2) is 4.98 Å². The summed E-state index contributed by atoms with van der Waals surface area (Å²) < 4.78 is 0. The van der Waals surface area contributed by atoms with Gasteiger partial charge in [-0.1, -0.05) is 0 Å². The summed E-state index contributed by atoms with van der Waals surface area (Å²) in [7, 11) is 0. The van der Waals surface area contributed by atoms with Crippen molar-refractivity contribution in [1.29, 1.82) is 5.26 Å². The highest BCUT2D eigenvalue weighted by Crippen LogP contribution is 2.13. The molecular formula is C8H4N3. The maximum atomic E-state index is 8.61. The molecule has 0 aliphatic heterocycles. The Labute approximate surface area is 63.3 Å². The summed E-state index contributed by atoms with van der Waals surface area (Å²) in [6, 6.07) is 6.62. The summed E-state index contributed by atoms with van der Waals surface area (Å²) in [6.45, 7) is 0. The van der Waals surface area contributed by atoms with E-state index in [4.69, 9.17) is 5.26 Å². The molecule has 1 N–H and O–H groups in total. The first-order valence-electron chi connectivity index (χ1n) is 3.15. The molecule has 1 radical (unpaired) electrons. The van der Waals surface area contributed by atoms with Gasteiger partial charge in [-0.05, 0) is 6.07 Å². The Balaban J connectivity index is 2.89. The molecule has 0 saturated heterocycles. The van der Waals surface area contributed by atoms with Crippen molar-refractivity contribution < 1.29 is 0 Å². The van der Waals surface area contributed by atoms with Crippen molar-refractivity contribution in [3.8, 4) is 6.07 Å². The number of hydrogen-bond acceptors (Lipinski definition) is 2. The fourth-order valence-corrected chi connectivity index (χ4v) is 0.991. The van der Waals surface area contributed by atoms with E-state index in [1.54, 1.807) is 18.5 Å². The summed E-state index contributed by atoms with van der Waals surface area (Å²) in [4.78, 5) is 6.87. The average Bonchev–Trinajstić information content (AvgIpc) is 2.47. The predicted octanol–water partition coefficient (Wildman–Crippen LogP) is 1.23. The molecule has 0 saturated carbocycles. The summed E-state index contributed by atoms with van der Waals surface area (Å²) in [5.74, 6) is 0. The monoisotopic (exact) mass is 142 g/mol. The van der Waals surface area contributed by atoms with Crippen molar-refractivity contribution in [1.82, 2.24) is 9.97 Å². The molecule has 2 aromatic heterocycles. The van der Waals surface area contributed by atoms with Crippen LogP contribution in [0.25, 0.3) is 11.0 Å². The first kappa shape index (κ1) is 5.93. The minimum Gasteiger partial charge on any atom is -0.345 e. The lowest BCUT2D eigenvalue weighted by Crippen LogP contribution is -1.73. The Morgan fingerprint density at radius 2 is 2.55 bits per heavy atom. The van der Waals surface area contributed by atoms with Crippen LogP contribution in [-0.4, -0.2) is 9.97 Å². The lowest BCUT2D eigenvalue weighted by atomic mass is 10.2. The third-order valence-electron chi connectivity index (χ3n) is 1.51. The van der Waals surface area contributed by atoms with Gasteiger partial charge in [0.1, 0.15) is 11.7 Å². The van der Waals surface area contributed by atoms with E-state index in [1.165, 1.54) is 0 Å². The highest BCUT2D eigenvalue weighted by molar-refractivity contribution is 5.81. The zero-order chi connectivity index (χ0) is 7.68. The number of rotatable bonds is 0. The van der Waals surface area contributed by atoms with Crippen LogP contribution in [0.2, 0.25) is 0 Å². The van der Waals surface area contributed by atoms with Crippen LogP contribution in [0.4, 0.5) is 0 Å². The van der Waals surface area contributed by atoms with Gasteiger partial charge >= 0.3 is 0 Å². The number of nitrogens with one attached hydrogen (secondary N) is 1. The molecule has 11 heavy (non-hydrogen) atoms. The molecule has 0 fully saturated rings. The summed E-state index contributed by atoms with van der Waals surface area (Å²) in [5, 5.41) is 9.44. The number of aromatic amines is 1. The standard InChI is InChI=1S/C8H4N3/c9-4-6-5-11-8-7(6)2-1-3-10-8/h2-3,5H,(H,10,11). The van der Waals surface area contributed by atoms with E-state index in [2.05, 4.69) is 22.1 Å². The number of pyridine rings is 1. The molecule has 0 amide bonds. The molecule has 3 heteroatoms. The van der Waals surface area contributed by atoms with E-state index >= 15 is 0 Å². The van der Waals surface area contributed by atoms with Crippen LogP contribution in [0.5, 0.6) is 0 Å². The molecule has 2 heterocycles. The van der Waals surface area contributed by atoms with Gasteiger partial charge in [0.05, 0.1) is 5.56 Å². The van der Waals surface area contributed by atoms with Gasteiger partial charge in [0, 0.05) is 23.8 Å². The van der Waals surface area contributed by atoms with Crippen molar-refractivity contribution >= 4 is 11.0 Å².